The van der Waals surface area contributed by atoms with Gasteiger partial charge in [-0.05, 0) is 59.0 Å². The summed E-state index contributed by atoms with van der Waals surface area (Å²) in [5.74, 6) is 1.82. The monoisotopic (exact) mass is 445 g/mol. The zero-order valence-electron chi connectivity index (χ0n) is 15.9. The number of benzene rings is 1. The number of hydrogen-bond donors (Lipinski definition) is 0. The molecule has 0 spiro atoms. The average Bonchev–Trinajstić information content (AvgIpc) is 2.74. The molecule has 28 heavy (non-hydrogen) atoms. The van der Waals surface area contributed by atoms with Crippen LogP contribution in [0.3, 0.4) is 0 Å². The third kappa shape index (κ3) is 4.09. The lowest BCUT2D eigenvalue weighted by molar-refractivity contribution is 0.0763. The van der Waals surface area contributed by atoms with Gasteiger partial charge in [0.25, 0.3) is 5.91 Å². The maximum Gasteiger partial charge on any atom is 0.253 e. The molecule has 2 aliphatic rings. The molecule has 0 atom stereocenters. The number of nitrogens with zero attached hydrogens (tertiary/aromatic N) is 3. The minimum absolute atomic E-state index is 0.00855. The van der Waals surface area contributed by atoms with Crippen molar-refractivity contribution >= 4 is 27.5 Å². The van der Waals surface area contributed by atoms with E-state index in [1.807, 2.05) is 30.4 Å². The number of fused-ring (bicyclic) bond motifs is 1. The number of halogens is 1. The molecule has 0 bridgehead atoms. The van der Waals surface area contributed by atoms with E-state index in [0.29, 0.717) is 36.2 Å². The van der Waals surface area contributed by atoms with Crippen LogP contribution in [-0.2, 0) is 0 Å². The first-order valence-electron chi connectivity index (χ1n) is 9.61. The molecule has 2 aliphatic heterocycles. The molecule has 1 aromatic carbocycles. The maximum absolute atomic E-state index is 12.9. The molecule has 148 valence electrons. The van der Waals surface area contributed by atoms with Crippen LogP contribution in [0.2, 0.25) is 0 Å². The highest BCUT2D eigenvalue weighted by Gasteiger charge is 2.24. The summed E-state index contributed by atoms with van der Waals surface area (Å²) in [6.45, 7) is 3.80. The van der Waals surface area contributed by atoms with Gasteiger partial charge in [0.1, 0.15) is 13.2 Å². The first kappa shape index (κ1) is 19.1. The second-order valence-corrected chi connectivity index (χ2v) is 8.16. The number of hydrogen-bond acceptors (Lipinski definition) is 5. The molecule has 4 rings (SSSR count). The summed E-state index contributed by atoms with van der Waals surface area (Å²) in [5, 5.41) is 0. The van der Waals surface area contributed by atoms with Crippen molar-refractivity contribution < 1.29 is 14.3 Å². The third-order valence-electron chi connectivity index (χ3n) is 5.36. The Morgan fingerprint density at radius 2 is 1.93 bits per heavy atom. The van der Waals surface area contributed by atoms with Gasteiger partial charge in [-0.2, -0.15) is 0 Å². The quantitative estimate of drug-likeness (QED) is 0.719. The van der Waals surface area contributed by atoms with E-state index >= 15 is 0 Å². The third-order valence-corrected chi connectivity index (χ3v) is 5.95. The van der Waals surface area contributed by atoms with Crippen molar-refractivity contribution in [2.45, 2.75) is 12.8 Å². The highest BCUT2D eigenvalue weighted by atomic mass is 79.9. The van der Waals surface area contributed by atoms with E-state index in [-0.39, 0.29) is 5.91 Å². The van der Waals surface area contributed by atoms with E-state index in [2.05, 4.69) is 37.9 Å². The molecule has 1 saturated heterocycles. The lowest BCUT2D eigenvalue weighted by Crippen LogP contribution is -2.39. The topological polar surface area (TPSA) is 54.9 Å². The van der Waals surface area contributed by atoms with Crippen LogP contribution in [0.4, 0.5) is 5.69 Å². The molecule has 2 aromatic rings. The Balaban J connectivity index is 1.36. The summed E-state index contributed by atoms with van der Waals surface area (Å²) in [5.41, 5.74) is 1.84. The van der Waals surface area contributed by atoms with Gasteiger partial charge in [0.2, 0.25) is 0 Å². The molecule has 3 heterocycles. The molecule has 6 nitrogen and oxygen atoms in total. The maximum atomic E-state index is 12.9. The van der Waals surface area contributed by atoms with Gasteiger partial charge >= 0.3 is 0 Å². The van der Waals surface area contributed by atoms with Crippen molar-refractivity contribution in [2.75, 3.05) is 44.8 Å². The van der Waals surface area contributed by atoms with E-state index in [1.54, 1.807) is 6.07 Å². The predicted octanol–water partition coefficient (Wildman–Crippen LogP) is 3.60. The van der Waals surface area contributed by atoms with Crippen molar-refractivity contribution in [3.8, 4) is 11.5 Å². The fraction of sp³-hybridized carbons (Fsp3) is 0.429. The summed E-state index contributed by atoms with van der Waals surface area (Å²) < 4.78 is 12.0. The first-order valence-corrected chi connectivity index (χ1v) is 10.4. The van der Waals surface area contributed by atoms with Gasteiger partial charge in [-0.3, -0.25) is 9.78 Å². The Labute approximate surface area is 173 Å². The number of carbonyl (C=O) groups is 1. The minimum Gasteiger partial charge on any atom is -0.486 e. The number of pyridine rings is 1. The van der Waals surface area contributed by atoms with E-state index in [9.17, 15) is 4.79 Å². The van der Waals surface area contributed by atoms with Crippen LogP contribution in [0, 0.1) is 5.92 Å². The average molecular weight is 446 g/mol. The normalized spacial score (nSPS) is 16.7. The number of amides is 1. The number of rotatable bonds is 4. The number of carbonyl (C=O) groups excluding carboxylic acids is 1. The summed E-state index contributed by atoms with van der Waals surface area (Å²) in [4.78, 5) is 21.2. The number of anilines is 1. The summed E-state index contributed by atoms with van der Waals surface area (Å²) in [7, 11) is 1.88. The number of aromatic nitrogens is 1. The second kappa shape index (κ2) is 8.39. The lowest BCUT2D eigenvalue weighted by atomic mass is 9.95. The molecule has 0 saturated carbocycles. The molecule has 1 aromatic heterocycles. The van der Waals surface area contributed by atoms with Gasteiger partial charge < -0.3 is 19.3 Å². The van der Waals surface area contributed by atoms with Crippen LogP contribution in [0.25, 0.3) is 0 Å². The van der Waals surface area contributed by atoms with Crippen molar-refractivity contribution in [3.63, 3.8) is 0 Å². The SMILES string of the molecule is CN(CC1CCN(c2ccncc2)CC1)C(=O)c1cc(Br)c2c(c1)OCCO2. The van der Waals surface area contributed by atoms with Crippen molar-refractivity contribution in [2.24, 2.45) is 5.92 Å². The van der Waals surface area contributed by atoms with Crippen LogP contribution >= 0.6 is 15.9 Å². The molecule has 1 amide bonds. The van der Waals surface area contributed by atoms with Crippen molar-refractivity contribution in [1.29, 1.82) is 0 Å². The Morgan fingerprint density at radius 3 is 2.68 bits per heavy atom. The Hall–Kier alpha value is -2.28. The Morgan fingerprint density at radius 1 is 1.21 bits per heavy atom. The number of ether oxygens (including phenoxy) is 2. The Kier molecular flexibility index (Phi) is 5.71. The highest BCUT2D eigenvalue weighted by molar-refractivity contribution is 9.10. The van der Waals surface area contributed by atoms with E-state index < -0.39 is 0 Å². The molecule has 1 fully saturated rings. The van der Waals surface area contributed by atoms with E-state index in [1.165, 1.54) is 5.69 Å². The van der Waals surface area contributed by atoms with Gasteiger partial charge in [-0.15, -0.1) is 0 Å². The van der Waals surface area contributed by atoms with Crippen LogP contribution in [0.5, 0.6) is 11.5 Å². The molecule has 7 heteroatoms. The second-order valence-electron chi connectivity index (χ2n) is 7.30. The van der Waals surface area contributed by atoms with Gasteiger partial charge in [0.05, 0.1) is 4.47 Å². The highest BCUT2D eigenvalue weighted by Crippen LogP contribution is 2.38. The molecule has 0 unspecified atom stereocenters. The molecular formula is C21H24BrN3O3. The fourth-order valence-corrected chi connectivity index (χ4v) is 4.41. The molecule has 0 radical (unpaired) electrons. The zero-order chi connectivity index (χ0) is 19.5. The van der Waals surface area contributed by atoms with Crippen LogP contribution in [0.15, 0.2) is 41.1 Å². The van der Waals surface area contributed by atoms with Gasteiger partial charge in [-0.1, -0.05) is 0 Å². The summed E-state index contributed by atoms with van der Waals surface area (Å²) >= 11 is 3.49. The fourth-order valence-electron chi connectivity index (χ4n) is 3.85. The minimum atomic E-state index is 0.00855. The van der Waals surface area contributed by atoms with Crippen LogP contribution < -0.4 is 14.4 Å². The molecule has 0 aliphatic carbocycles. The molecular weight excluding hydrogens is 422 g/mol. The summed E-state index contributed by atoms with van der Waals surface area (Å²) in [6.07, 6.45) is 5.81. The van der Waals surface area contributed by atoms with Crippen LogP contribution in [-0.4, -0.2) is 55.7 Å². The Bertz CT molecular complexity index is 838. The number of piperidine rings is 1. The largest absolute Gasteiger partial charge is 0.486 e. The lowest BCUT2D eigenvalue weighted by Gasteiger charge is -2.35. The van der Waals surface area contributed by atoms with Crippen LogP contribution in [0.1, 0.15) is 23.2 Å². The van der Waals surface area contributed by atoms with Gasteiger partial charge in [0.15, 0.2) is 11.5 Å². The van der Waals surface area contributed by atoms with E-state index in [4.69, 9.17) is 9.47 Å². The van der Waals surface area contributed by atoms with Crippen molar-refractivity contribution in [3.05, 3.63) is 46.7 Å². The first-order chi connectivity index (χ1) is 13.6. The predicted molar refractivity (Wildman–Crippen MR) is 111 cm³/mol. The smallest absolute Gasteiger partial charge is 0.253 e. The zero-order valence-corrected chi connectivity index (χ0v) is 17.5. The standard InChI is InChI=1S/C21H24BrN3O3/c1-24(14-15-4-8-25(9-5-15)17-2-6-23-7-3-17)21(26)16-12-18(22)20-19(13-16)27-10-11-28-20/h2-3,6-7,12-13,15H,4-5,8-11,14H2,1H3. The van der Waals surface area contributed by atoms with E-state index in [0.717, 1.165) is 36.9 Å². The molecule has 0 N–H and O–H groups in total. The van der Waals surface area contributed by atoms with Gasteiger partial charge in [0, 0.05) is 50.3 Å². The van der Waals surface area contributed by atoms with Crippen molar-refractivity contribution in [1.82, 2.24) is 9.88 Å². The van der Waals surface area contributed by atoms with Gasteiger partial charge in [-0.25, -0.2) is 0 Å². The summed E-state index contributed by atoms with van der Waals surface area (Å²) in [6, 6.07) is 7.70.